The van der Waals surface area contributed by atoms with Crippen LogP contribution in [0.5, 0.6) is 5.75 Å². The van der Waals surface area contributed by atoms with E-state index in [1.807, 2.05) is 6.92 Å². The summed E-state index contributed by atoms with van der Waals surface area (Å²) in [6.45, 7) is 5.40. The Morgan fingerprint density at radius 3 is 2.78 bits per heavy atom. The molecule has 2 amide bonds. The molecular weight excluding hydrogens is 352 g/mol. The molecule has 1 unspecified atom stereocenters. The molecule has 2 aromatic rings. The number of urea groups is 1. The number of amides is 2. The number of hydrogen-bond acceptors (Lipinski definition) is 6. The Hall–Kier alpha value is -3.29. The van der Waals surface area contributed by atoms with E-state index in [0.29, 0.717) is 22.6 Å². The molecular formula is C19H20N2O6. The maximum atomic E-state index is 12.2. The minimum absolute atomic E-state index is 0.0482. The van der Waals surface area contributed by atoms with Crippen molar-refractivity contribution in [1.82, 2.24) is 10.6 Å². The van der Waals surface area contributed by atoms with E-state index in [2.05, 4.69) is 10.6 Å². The van der Waals surface area contributed by atoms with E-state index in [1.54, 1.807) is 32.0 Å². The van der Waals surface area contributed by atoms with E-state index >= 15 is 0 Å². The number of ether oxygens (including phenoxy) is 2. The molecule has 3 rings (SSSR count). The molecule has 0 spiro atoms. The van der Waals surface area contributed by atoms with Gasteiger partial charge in [0.1, 0.15) is 17.9 Å². The highest BCUT2D eigenvalue weighted by atomic mass is 16.5. The minimum Gasteiger partial charge on any atom is -0.487 e. The fraction of sp³-hybridized carbons (Fsp3) is 0.316. The van der Waals surface area contributed by atoms with E-state index < -0.39 is 23.7 Å². The number of carbonyl (C=O) groups excluding carboxylic acids is 2. The monoisotopic (exact) mass is 372 g/mol. The highest BCUT2D eigenvalue weighted by Gasteiger charge is 2.29. The van der Waals surface area contributed by atoms with Gasteiger partial charge in [-0.15, -0.1) is 0 Å². The first kappa shape index (κ1) is 18.5. The van der Waals surface area contributed by atoms with Crippen molar-refractivity contribution in [2.75, 3.05) is 13.2 Å². The van der Waals surface area contributed by atoms with Crippen LogP contribution in [-0.4, -0.2) is 31.3 Å². The lowest BCUT2D eigenvalue weighted by Crippen LogP contribution is -2.50. The third-order valence-corrected chi connectivity index (χ3v) is 4.17. The minimum atomic E-state index is -0.517. The van der Waals surface area contributed by atoms with Crippen molar-refractivity contribution >= 4 is 23.0 Å². The van der Waals surface area contributed by atoms with Crippen molar-refractivity contribution in [3.8, 4) is 5.75 Å². The van der Waals surface area contributed by atoms with Crippen LogP contribution in [0.2, 0.25) is 0 Å². The third-order valence-electron chi connectivity index (χ3n) is 4.17. The van der Waals surface area contributed by atoms with Gasteiger partial charge in [-0.3, -0.25) is 0 Å². The molecule has 2 N–H and O–H groups in total. The molecule has 0 bridgehead atoms. The second-order valence-electron chi connectivity index (χ2n) is 6.13. The van der Waals surface area contributed by atoms with Crippen LogP contribution in [0.3, 0.4) is 0 Å². The van der Waals surface area contributed by atoms with Gasteiger partial charge in [0, 0.05) is 17.5 Å². The first-order chi connectivity index (χ1) is 12.9. The topological polar surface area (TPSA) is 107 Å². The predicted molar refractivity (Wildman–Crippen MR) is 97.5 cm³/mol. The lowest BCUT2D eigenvalue weighted by molar-refractivity contribution is -0.139. The summed E-state index contributed by atoms with van der Waals surface area (Å²) < 4.78 is 16.0. The quantitative estimate of drug-likeness (QED) is 0.614. The molecule has 1 aliphatic rings. The maximum absolute atomic E-state index is 12.2. The molecule has 0 radical (unpaired) electrons. The molecule has 8 nitrogen and oxygen atoms in total. The van der Waals surface area contributed by atoms with E-state index in [9.17, 15) is 14.4 Å². The lowest BCUT2D eigenvalue weighted by atomic mass is 10.0. The summed E-state index contributed by atoms with van der Waals surface area (Å²) >= 11 is 0. The third kappa shape index (κ3) is 3.94. The highest BCUT2D eigenvalue weighted by Crippen LogP contribution is 2.23. The zero-order valence-electron chi connectivity index (χ0n) is 15.3. The molecule has 0 aliphatic carbocycles. The first-order valence-corrected chi connectivity index (χ1v) is 8.54. The summed E-state index contributed by atoms with van der Waals surface area (Å²) in [7, 11) is 0. The number of aryl methyl sites for hydroxylation is 1. The summed E-state index contributed by atoms with van der Waals surface area (Å²) in [5, 5.41) is 6.01. The summed E-state index contributed by atoms with van der Waals surface area (Å²) in [6, 6.07) is 5.61. The van der Waals surface area contributed by atoms with Crippen molar-refractivity contribution in [3.05, 3.63) is 51.5 Å². The molecule has 1 aromatic heterocycles. The van der Waals surface area contributed by atoms with Crippen LogP contribution in [0.15, 0.2) is 44.7 Å². The second kappa shape index (κ2) is 7.53. The Labute approximate surface area is 155 Å². The fourth-order valence-electron chi connectivity index (χ4n) is 2.94. The maximum Gasteiger partial charge on any atom is 0.338 e. The lowest BCUT2D eigenvalue weighted by Gasteiger charge is -2.26. The van der Waals surface area contributed by atoms with Crippen LogP contribution in [-0.2, 0) is 9.53 Å². The van der Waals surface area contributed by atoms with Gasteiger partial charge in [-0.25, -0.2) is 14.4 Å². The van der Waals surface area contributed by atoms with E-state index in [1.165, 1.54) is 6.07 Å². The van der Waals surface area contributed by atoms with Gasteiger partial charge in [0.25, 0.3) is 0 Å². The van der Waals surface area contributed by atoms with Gasteiger partial charge in [-0.05, 0) is 38.5 Å². The van der Waals surface area contributed by atoms with Gasteiger partial charge < -0.3 is 24.5 Å². The van der Waals surface area contributed by atoms with E-state index in [0.717, 1.165) is 10.9 Å². The Bertz CT molecular complexity index is 991. The number of benzene rings is 1. The normalized spacial score (nSPS) is 16.7. The van der Waals surface area contributed by atoms with Crippen molar-refractivity contribution in [3.63, 3.8) is 0 Å². The molecule has 27 heavy (non-hydrogen) atoms. The van der Waals surface area contributed by atoms with Crippen LogP contribution >= 0.6 is 0 Å². The Kier molecular flexibility index (Phi) is 5.16. The highest BCUT2D eigenvalue weighted by molar-refractivity contribution is 5.94. The fourth-order valence-corrected chi connectivity index (χ4v) is 2.94. The summed E-state index contributed by atoms with van der Waals surface area (Å²) in [5.41, 5.74) is 1.40. The summed E-state index contributed by atoms with van der Waals surface area (Å²) in [5.74, 6) is -0.0800. The predicted octanol–water partition coefficient (Wildman–Crippen LogP) is 2.00. The number of carbonyl (C=O) groups is 2. The number of nitrogens with one attached hydrogen (secondary N) is 2. The van der Waals surface area contributed by atoms with Gasteiger partial charge in [-0.1, -0.05) is 0 Å². The zero-order chi connectivity index (χ0) is 19.6. The number of esters is 1. The van der Waals surface area contributed by atoms with Crippen LogP contribution in [0.25, 0.3) is 11.0 Å². The molecule has 1 atom stereocenters. The second-order valence-corrected chi connectivity index (χ2v) is 6.13. The number of rotatable bonds is 5. The smallest absolute Gasteiger partial charge is 0.338 e. The first-order valence-electron chi connectivity index (χ1n) is 8.54. The average Bonchev–Trinajstić information content (AvgIpc) is 2.59. The van der Waals surface area contributed by atoms with Crippen molar-refractivity contribution in [2.45, 2.75) is 26.8 Å². The van der Waals surface area contributed by atoms with Gasteiger partial charge in [0.2, 0.25) is 0 Å². The van der Waals surface area contributed by atoms with Crippen LogP contribution in [0.4, 0.5) is 4.79 Å². The van der Waals surface area contributed by atoms with Gasteiger partial charge in [0.05, 0.1) is 23.9 Å². The average molecular weight is 372 g/mol. The Balaban J connectivity index is 1.87. The van der Waals surface area contributed by atoms with E-state index in [4.69, 9.17) is 13.9 Å². The molecule has 2 heterocycles. The van der Waals surface area contributed by atoms with Gasteiger partial charge >= 0.3 is 17.6 Å². The summed E-state index contributed by atoms with van der Waals surface area (Å²) in [6.07, 6.45) is 0. The SMILES string of the molecule is CCOC(=O)C1=C(COc2ccc3c(C)cc(=O)oc3c2)NC(=O)NC1C. The van der Waals surface area contributed by atoms with Crippen LogP contribution < -0.4 is 21.0 Å². The van der Waals surface area contributed by atoms with E-state index in [-0.39, 0.29) is 13.2 Å². The van der Waals surface area contributed by atoms with Crippen LogP contribution in [0, 0.1) is 6.92 Å². The summed E-state index contributed by atoms with van der Waals surface area (Å²) in [4.78, 5) is 35.5. The standard InChI is InChI=1S/C19H20N2O6/c1-4-25-18(23)17-11(3)20-19(24)21-14(17)9-26-12-5-6-13-10(2)7-16(22)27-15(13)8-12/h5-8,11H,4,9H2,1-3H3,(H2,20,21,24). The number of fused-ring (bicyclic) bond motifs is 1. The molecule has 8 heteroatoms. The van der Waals surface area contributed by atoms with Crippen LogP contribution in [0.1, 0.15) is 19.4 Å². The van der Waals surface area contributed by atoms with Gasteiger partial charge in [0.15, 0.2) is 0 Å². The van der Waals surface area contributed by atoms with Crippen molar-refractivity contribution in [1.29, 1.82) is 0 Å². The Morgan fingerprint density at radius 1 is 1.26 bits per heavy atom. The molecule has 0 saturated carbocycles. The van der Waals surface area contributed by atoms with Gasteiger partial charge in [-0.2, -0.15) is 0 Å². The zero-order valence-corrected chi connectivity index (χ0v) is 15.3. The molecule has 1 aliphatic heterocycles. The molecule has 142 valence electrons. The molecule has 0 saturated heterocycles. The largest absolute Gasteiger partial charge is 0.487 e. The molecule has 1 aromatic carbocycles. The molecule has 0 fully saturated rings. The van der Waals surface area contributed by atoms with Crippen molar-refractivity contribution < 1.29 is 23.5 Å². The number of hydrogen-bond donors (Lipinski definition) is 2. The van der Waals surface area contributed by atoms with Crippen molar-refractivity contribution in [2.24, 2.45) is 0 Å². The Morgan fingerprint density at radius 2 is 2.04 bits per heavy atom.